The van der Waals surface area contributed by atoms with Gasteiger partial charge in [-0.2, -0.15) is 0 Å². The molecule has 0 aliphatic carbocycles. The van der Waals surface area contributed by atoms with Crippen LogP contribution < -0.4 is 5.32 Å². The van der Waals surface area contributed by atoms with Gasteiger partial charge in [0.25, 0.3) is 5.91 Å². The molecule has 0 aliphatic rings. The van der Waals surface area contributed by atoms with E-state index in [1.54, 1.807) is 6.07 Å². The number of amides is 1. The van der Waals surface area contributed by atoms with E-state index < -0.39 is 0 Å². The lowest BCUT2D eigenvalue weighted by Gasteiger charge is -2.14. The van der Waals surface area contributed by atoms with Crippen molar-refractivity contribution in [1.29, 1.82) is 0 Å². The topological polar surface area (TPSA) is 42.0 Å². The van der Waals surface area contributed by atoms with Crippen LogP contribution in [-0.4, -0.2) is 16.9 Å². The number of carbonyl (C=O) groups excluding carboxylic acids is 1. The minimum Gasteiger partial charge on any atom is -0.349 e. The summed E-state index contributed by atoms with van der Waals surface area (Å²) in [6, 6.07) is 1.87. The van der Waals surface area contributed by atoms with Gasteiger partial charge in [0, 0.05) is 17.9 Å². The fraction of sp³-hybridized carbons (Fsp3) is 0.571. The van der Waals surface area contributed by atoms with E-state index in [0.717, 1.165) is 18.5 Å². The first-order chi connectivity index (χ1) is 8.54. The number of unbranched alkanes of at least 4 members (excludes halogenated alkanes) is 2. The second-order valence-corrected chi connectivity index (χ2v) is 5.08. The highest BCUT2D eigenvalue weighted by atomic mass is 35.5. The molecule has 0 spiro atoms. The maximum Gasteiger partial charge on any atom is 0.254 e. The van der Waals surface area contributed by atoms with Crippen molar-refractivity contribution >= 4 is 17.5 Å². The third kappa shape index (κ3) is 4.65. The summed E-state index contributed by atoms with van der Waals surface area (Å²) < 4.78 is 0. The predicted octanol–water partition coefficient (Wildman–Crippen LogP) is 3.74. The van der Waals surface area contributed by atoms with Crippen LogP contribution in [0.2, 0.25) is 5.02 Å². The summed E-state index contributed by atoms with van der Waals surface area (Å²) >= 11 is 6.03. The van der Waals surface area contributed by atoms with Gasteiger partial charge in [0.1, 0.15) is 0 Å². The molecule has 1 amide bonds. The molecule has 0 bridgehead atoms. The van der Waals surface area contributed by atoms with Crippen LogP contribution in [0.1, 0.15) is 55.6 Å². The van der Waals surface area contributed by atoms with Crippen LogP contribution in [0.15, 0.2) is 12.3 Å². The van der Waals surface area contributed by atoms with E-state index in [1.165, 1.54) is 19.0 Å². The van der Waals surface area contributed by atoms with Crippen LogP contribution in [-0.2, 0) is 0 Å². The van der Waals surface area contributed by atoms with Crippen molar-refractivity contribution in [1.82, 2.24) is 10.3 Å². The molecule has 0 aromatic carbocycles. The van der Waals surface area contributed by atoms with Gasteiger partial charge in [-0.05, 0) is 26.3 Å². The van der Waals surface area contributed by atoms with Crippen LogP contribution in [0.4, 0.5) is 0 Å². The third-order valence-corrected chi connectivity index (χ3v) is 3.17. The van der Waals surface area contributed by atoms with Gasteiger partial charge in [-0.1, -0.05) is 37.8 Å². The zero-order valence-corrected chi connectivity index (χ0v) is 12.0. The van der Waals surface area contributed by atoms with E-state index in [0.29, 0.717) is 10.6 Å². The summed E-state index contributed by atoms with van der Waals surface area (Å²) in [7, 11) is 0. The Morgan fingerprint density at radius 1 is 1.50 bits per heavy atom. The van der Waals surface area contributed by atoms with E-state index >= 15 is 0 Å². The first-order valence-electron chi connectivity index (χ1n) is 6.47. The van der Waals surface area contributed by atoms with Crippen molar-refractivity contribution in [2.75, 3.05) is 0 Å². The maximum atomic E-state index is 12.0. The summed E-state index contributed by atoms with van der Waals surface area (Å²) in [5.74, 6) is -0.142. The molecule has 0 fully saturated rings. The molecule has 0 radical (unpaired) electrons. The van der Waals surface area contributed by atoms with Crippen LogP contribution in [0.5, 0.6) is 0 Å². The molecule has 1 unspecified atom stereocenters. The zero-order chi connectivity index (χ0) is 13.5. The van der Waals surface area contributed by atoms with E-state index in [-0.39, 0.29) is 11.9 Å². The quantitative estimate of drug-likeness (QED) is 0.799. The summed E-state index contributed by atoms with van der Waals surface area (Å²) in [6.07, 6.45) is 6.06. The molecule has 4 heteroatoms. The van der Waals surface area contributed by atoms with Gasteiger partial charge in [-0.3, -0.25) is 9.78 Å². The fourth-order valence-electron chi connectivity index (χ4n) is 1.77. The first kappa shape index (κ1) is 15.0. The normalized spacial score (nSPS) is 12.2. The lowest BCUT2D eigenvalue weighted by Crippen LogP contribution is -2.32. The van der Waals surface area contributed by atoms with Crippen molar-refractivity contribution < 1.29 is 4.79 Å². The zero-order valence-electron chi connectivity index (χ0n) is 11.3. The number of pyridine rings is 1. The van der Waals surface area contributed by atoms with Crippen molar-refractivity contribution in [3.63, 3.8) is 0 Å². The number of halogens is 1. The molecule has 3 nitrogen and oxygen atoms in total. The Labute approximate surface area is 114 Å². The van der Waals surface area contributed by atoms with Crippen molar-refractivity contribution in [2.24, 2.45) is 0 Å². The molecule has 1 heterocycles. The van der Waals surface area contributed by atoms with Gasteiger partial charge in [0.2, 0.25) is 0 Å². The molecule has 0 saturated heterocycles. The number of nitrogens with zero attached hydrogens (tertiary/aromatic N) is 1. The molecular weight excluding hydrogens is 248 g/mol. The molecular formula is C14H21ClN2O. The minimum atomic E-state index is -0.142. The lowest BCUT2D eigenvalue weighted by atomic mass is 10.1. The summed E-state index contributed by atoms with van der Waals surface area (Å²) in [5.41, 5.74) is 1.26. The van der Waals surface area contributed by atoms with Gasteiger partial charge < -0.3 is 5.32 Å². The molecule has 1 aromatic rings. The Bertz CT molecular complexity index is 407. The molecule has 18 heavy (non-hydrogen) atoms. The lowest BCUT2D eigenvalue weighted by molar-refractivity contribution is 0.0937. The molecule has 1 aromatic heterocycles. The summed E-state index contributed by atoms with van der Waals surface area (Å²) in [4.78, 5) is 16.1. The maximum absolute atomic E-state index is 12.0. The van der Waals surface area contributed by atoms with Crippen LogP contribution in [0.3, 0.4) is 0 Å². The van der Waals surface area contributed by atoms with Crippen molar-refractivity contribution in [3.05, 3.63) is 28.5 Å². The number of hydrogen-bond acceptors (Lipinski definition) is 2. The Morgan fingerprint density at radius 2 is 2.22 bits per heavy atom. The standard InChI is InChI=1S/C14H21ClN2O/c1-4-5-6-7-10(2)17-14(18)12-9-16-11(3)8-13(12)15/h8-10H,4-7H2,1-3H3,(H,17,18). The molecule has 1 atom stereocenters. The number of aryl methyl sites for hydroxylation is 1. The molecule has 1 N–H and O–H groups in total. The van der Waals surface area contributed by atoms with E-state index in [2.05, 4.69) is 17.2 Å². The molecule has 1 rings (SSSR count). The smallest absolute Gasteiger partial charge is 0.254 e. The number of aromatic nitrogens is 1. The van der Waals surface area contributed by atoms with Gasteiger partial charge in [0.15, 0.2) is 0 Å². The number of nitrogens with one attached hydrogen (secondary N) is 1. The van der Waals surface area contributed by atoms with Crippen LogP contribution in [0.25, 0.3) is 0 Å². The van der Waals surface area contributed by atoms with E-state index in [4.69, 9.17) is 11.6 Å². The van der Waals surface area contributed by atoms with Crippen molar-refractivity contribution in [2.45, 2.75) is 52.5 Å². The highest BCUT2D eigenvalue weighted by molar-refractivity contribution is 6.33. The van der Waals surface area contributed by atoms with Gasteiger partial charge >= 0.3 is 0 Å². The second-order valence-electron chi connectivity index (χ2n) is 4.68. The van der Waals surface area contributed by atoms with Crippen LogP contribution in [0, 0.1) is 6.92 Å². The average molecular weight is 269 g/mol. The number of rotatable bonds is 6. The number of hydrogen-bond donors (Lipinski definition) is 1. The van der Waals surface area contributed by atoms with E-state index in [9.17, 15) is 4.79 Å². The highest BCUT2D eigenvalue weighted by Crippen LogP contribution is 2.16. The third-order valence-electron chi connectivity index (χ3n) is 2.85. The molecule has 0 aliphatic heterocycles. The SMILES string of the molecule is CCCCCC(C)NC(=O)c1cnc(C)cc1Cl. The Kier molecular flexibility index (Phi) is 6.13. The highest BCUT2D eigenvalue weighted by Gasteiger charge is 2.13. The Morgan fingerprint density at radius 3 is 2.83 bits per heavy atom. The minimum absolute atomic E-state index is 0.142. The monoisotopic (exact) mass is 268 g/mol. The first-order valence-corrected chi connectivity index (χ1v) is 6.85. The van der Waals surface area contributed by atoms with Gasteiger partial charge in [-0.25, -0.2) is 0 Å². The Balaban J connectivity index is 2.54. The predicted molar refractivity (Wildman–Crippen MR) is 75.1 cm³/mol. The van der Waals surface area contributed by atoms with Gasteiger partial charge in [-0.15, -0.1) is 0 Å². The fourth-order valence-corrected chi connectivity index (χ4v) is 2.06. The molecule has 0 saturated carbocycles. The second kappa shape index (κ2) is 7.37. The molecule has 100 valence electrons. The average Bonchev–Trinajstić information content (AvgIpc) is 2.28. The largest absolute Gasteiger partial charge is 0.349 e. The number of carbonyl (C=O) groups is 1. The summed E-state index contributed by atoms with van der Waals surface area (Å²) in [5, 5.41) is 3.41. The summed E-state index contributed by atoms with van der Waals surface area (Å²) in [6.45, 7) is 6.03. The Hall–Kier alpha value is -1.09. The van der Waals surface area contributed by atoms with Crippen molar-refractivity contribution in [3.8, 4) is 0 Å². The van der Waals surface area contributed by atoms with E-state index in [1.807, 2.05) is 13.8 Å². The van der Waals surface area contributed by atoms with Gasteiger partial charge in [0.05, 0.1) is 10.6 Å². The van der Waals surface area contributed by atoms with Crippen LogP contribution >= 0.6 is 11.6 Å².